The Balaban J connectivity index is 1.73. The van der Waals surface area contributed by atoms with Crippen LogP contribution in [0.2, 0.25) is 0 Å². The number of phenols is 1. The van der Waals surface area contributed by atoms with Crippen LogP contribution in [0.25, 0.3) is 0 Å². The first kappa shape index (κ1) is 16.1. The number of rotatable bonds is 3. The third-order valence-electron chi connectivity index (χ3n) is 4.57. The smallest absolute Gasteiger partial charge is 0.342 e. The Morgan fingerprint density at radius 2 is 2.09 bits per heavy atom. The second-order valence-electron chi connectivity index (χ2n) is 6.26. The zero-order chi connectivity index (χ0) is 16.6. The molecule has 1 aromatic carbocycles. The number of ether oxygens (including phenoxy) is 3. The number of aromatic hydroxyl groups is 1. The molecule has 3 rings (SSSR count). The zero-order valence-electron chi connectivity index (χ0n) is 13.3. The van der Waals surface area contributed by atoms with E-state index in [9.17, 15) is 15.0 Å². The highest BCUT2D eigenvalue weighted by Crippen LogP contribution is 2.35. The van der Waals surface area contributed by atoms with E-state index in [4.69, 9.17) is 14.2 Å². The molecule has 2 heterocycles. The third-order valence-corrected chi connectivity index (χ3v) is 4.57. The van der Waals surface area contributed by atoms with Crippen molar-refractivity contribution in [3.8, 4) is 11.5 Å². The number of hydrogen-bond donors (Lipinski definition) is 2. The van der Waals surface area contributed by atoms with Crippen molar-refractivity contribution in [1.29, 1.82) is 0 Å². The third kappa shape index (κ3) is 3.28. The van der Waals surface area contributed by atoms with E-state index in [2.05, 4.69) is 0 Å². The molecule has 0 bridgehead atoms. The number of cyclic esters (lactones) is 1. The topological polar surface area (TPSA) is 85.2 Å². The van der Waals surface area contributed by atoms with Crippen LogP contribution < -0.4 is 4.74 Å². The van der Waals surface area contributed by atoms with Gasteiger partial charge in [-0.15, -0.1) is 0 Å². The maximum absolute atomic E-state index is 12.3. The zero-order valence-corrected chi connectivity index (χ0v) is 13.3. The number of carbonyl (C=O) groups excluding carboxylic acids is 1. The monoisotopic (exact) mass is 322 g/mol. The number of fused-ring (bicyclic) bond motifs is 1. The van der Waals surface area contributed by atoms with Gasteiger partial charge in [-0.05, 0) is 31.4 Å². The summed E-state index contributed by atoms with van der Waals surface area (Å²) in [6.45, 7) is 1.85. The summed E-state index contributed by atoms with van der Waals surface area (Å²) < 4.78 is 16.5. The standard InChI is InChI=1S/C17H22O6/c1-9-14(19)4-3-12(22-9)8-13-6-10-5-11(18)7-15(21-2)16(10)17(20)23-13/h5,7,9,12-14,18-19H,3-4,6,8H2,1-2H3/t9-,12+,13+,14?/m0/s1. The molecule has 0 aromatic heterocycles. The maximum Gasteiger partial charge on any atom is 0.342 e. The Labute approximate surface area is 135 Å². The van der Waals surface area contributed by atoms with Crippen molar-refractivity contribution < 1.29 is 29.2 Å². The second-order valence-corrected chi connectivity index (χ2v) is 6.26. The summed E-state index contributed by atoms with van der Waals surface area (Å²) in [5, 5.41) is 19.5. The molecule has 0 aliphatic carbocycles. The summed E-state index contributed by atoms with van der Waals surface area (Å²) in [4.78, 5) is 12.3. The number of aliphatic hydroxyl groups is 1. The molecular weight excluding hydrogens is 300 g/mol. The predicted octanol–water partition coefficient (Wildman–Crippen LogP) is 1.80. The van der Waals surface area contributed by atoms with Gasteiger partial charge in [-0.25, -0.2) is 4.79 Å². The van der Waals surface area contributed by atoms with E-state index < -0.39 is 12.1 Å². The molecule has 2 aliphatic rings. The molecule has 126 valence electrons. The van der Waals surface area contributed by atoms with Crippen LogP contribution in [0, 0.1) is 0 Å². The van der Waals surface area contributed by atoms with E-state index in [0.717, 1.165) is 12.0 Å². The predicted molar refractivity (Wildman–Crippen MR) is 81.8 cm³/mol. The van der Waals surface area contributed by atoms with Gasteiger partial charge in [0, 0.05) is 18.9 Å². The summed E-state index contributed by atoms with van der Waals surface area (Å²) in [6, 6.07) is 2.99. The van der Waals surface area contributed by atoms with E-state index >= 15 is 0 Å². The molecule has 2 N–H and O–H groups in total. The van der Waals surface area contributed by atoms with Crippen LogP contribution in [-0.2, 0) is 15.9 Å². The van der Waals surface area contributed by atoms with E-state index in [1.54, 1.807) is 6.07 Å². The van der Waals surface area contributed by atoms with Crippen LogP contribution in [-0.4, -0.2) is 47.7 Å². The van der Waals surface area contributed by atoms with Crippen LogP contribution in [0.1, 0.15) is 42.1 Å². The van der Waals surface area contributed by atoms with Crippen LogP contribution in [0.15, 0.2) is 12.1 Å². The molecule has 1 saturated heterocycles. The summed E-state index contributed by atoms with van der Waals surface area (Å²) in [6.07, 6.45) is 1.57. The minimum Gasteiger partial charge on any atom is -0.508 e. The Hall–Kier alpha value is -1.79. The van der Waals surface area contributed by atoms with Crippen molar-refractivity contribution in [2.75, 3.05) is 7.11 Å². The van der Waals surface area contributed by atoms with Gasteiger partial charge in [0.2, 0.25) is 0 Å². The number of phenolic OH excluding ortho intramolecular Hbond substituents is 1. The molecule has 0 saturated carbocycles. The van der Waals surface area contributed by atoms with Gasteiger partial charge in [-0.3, -0.25) is 0 Å². The SMILES string of the molecule is COc1cc(O)cc2c1C(=O)O[C@@H](C[C@H]1CCC(O)[C@H](C)O1)C2. The first-order valence-corrected chi connectivity index (χ1v) is 7.92. The minimum absolute atomic E-state index is 0.0352. The van der Waals surface area contributed by atoms with E-state index in [1.165, 1.54) is 13.2 Å². The van der Waals surface area contributed by atoms with Gasteiger partial charge in [-0.1, -0.05) is 0 Å². The number of aliphatic hydroxyl groups excluding tert-OH is 1. The summed E-state index contributed by atoms with van der Waals surface area (Å²) in [5.74, 6) is -0.0363. The fraction of sp³-hybridized carbons (Fsp3) is 0.588. The molecule has 1 fully saturated rings. The number of benzene rings is 1. The minimum atomic E-state index is -0.433. The first-order valence-electron chi connectivity index (χ1n) is 7.92. The highest BCUT2D eigenvalue weighted by atomic mass is 16.6. The number of methoxy groups -OCH3 is 1. The summed E-state index contributed by atoms with van der Waals surface area (Å²) in [5.41, 5.74) is 1.11. The van der Waals surface area contributed by atoms with Crippen molar-refractivity contribution in [3.05, 3.63) is 23.3 Å². The number of carbonyl (C=O) groups is 1. The van der Waals surface area contributed by atoms with E-state index in [-0.39, 0.29) is 24.1 Å². The van der Waals surface area contributed by atoms with Crippen molar-refractivity contribution in [2.45, 2.75) is 57.0 Å². The van der Waals surface area contributed by atoms with Crippen molar-refractivity contribution in [1.82, 2.24) is 0 Å². The average Bonchev–Trinajstić information content (AvgIpc) is 2.49. The molecule has 0 amide bonds. The average molecular weight is 322 g/mol. The molecule has 4 atom stereocenters. The number of esters is 1. The summed E-state index contributed by atoms with van der Waals surface area (Å²) >= 11 is 0. The Bertz CT molecular complexity index is 599. The molecule has 6 heteroatoms. The first-order chi connectivity index (χ1) is 11.0. The molecule has 23 heavy (non-hydrogen) atoms. The molecule has 2 aliphatic heterocycles. The van der Waals surface area contributed by atoms with Crippen LogP contribution in [0.3, 0.4) is 0 Å². The fourth-order valence-corrected chi connectivity index (χ4v) is 3.36. The highest BCUT2D eigenvalue weighted by Gasteiger charge is 2.34. The highest BCUT2D eigenvalue weighted by molar-refractivity contribution is 5.95. The molecule has 6 nitrogen and oxygen atoms in total. The van der Waals surface area contributed by atoms with Gasteiger partial charge in [0.05, 0.1) is 25.4 Å². The Morgan fingerprint density at radius 1 is 1.30 bits per heavy atom. The Kier molecular flexibility index (Phi) is 4.46. The lowest BCUT2D eigenvalue weighted by atomic mass is 9.92. The lowest BCUT2D eigenvalue weighted by Crippen LogP contribution is -2.40. The maximum atomic E-state index is 12.3. The normalized spacial score (nSPS) is 30.5. The van der Waals surface area contributed by atoms with Gasteiger partial charge in [0.15, 0.2) is 0 Å². The van der Waals surface area contributed by atoms with E-state index in [0.29, 0.717) is 30.6 Å². The summed E-state index contributed by atoms with van der Waals surface area (Å²) in [7, 11) is 1.46. The molecule has 0 spiro atoms. The van der Waals surface area contributed by atoms with Crippen molar-refractivity contribution >= 4 is 5.97 Å². The van der Waals surface area contributed by atoms with Crippen molar-refractivity contribution in [2.24, 2.45) is 0 Å². The van der Waals surface area contributed by atoms with Gasteiger partial charge in [0.1, 0.15) is 23.2 Å². The van der Waals surface area contributed by atoms with E-state index in [1.807, 2.05) is 6.92 Å². The fourth-order valence-electron chi connectivity index (χ4n) is 3.36. The lowest BCUT2D eigenvalue weighted by molar-refractivity contribution is -0.120. The molecule has 1 unspecified atom stereocenters. The quantitative estimate of drug-likeness (QED) is 0.826. The van der Waals surface area contributed by atoms with Gasteiger partial charge in [0.25, 0.3) is 0 Å². The van der Waals surface area contributed by atoms with Crippen molar-refractivity contribution in [3.63, 3.8) is 0 Å². The second kappa shape index (κ2) is 6.37. The van der Waals surface area contributed by atoms with Gasteiger partial charge in [-0.2, -0.15) is 0 Å². The van der Waals surface area contributed by atoms with Gasteiger partial charge >= 0.3 is 5.97 Å². The number of hydrogen-bond acceptors (Lipinski definition) is 6. The lowest BCUT2D eigenvalue weighted by Gasteiger charge is -2.34. The van der Waals surface area contributed by atoms with Crippen LogP contribution >= 0.6 is 0 Å². The van der Waals surface area contributed by atoms with Crippen LogP contribution in [0.5, 0.6) is 11.5 Å². The van der Waals surface area contributed by atoms with Crippen LogP contribution in [0.4, 0.5) is 0 Å². The molecule has 1 aromatic rings. The van der Waals surface area contributed by atoms with Gasteiger partial charge < -0.3 is 24.4 Å². The molecular formula is C17H22O6. The Morgan fingerprint density at radius 3 is 2.78 bits per heavy atom. The molecule has 0 radical (unpaired) electrons. The largest absolute Gasteiger partial charge is 0.508 e.